The molecule has 0 heterocycles. The molecule has 0 radical (unpaired) electrons. The molecule has 0 saturated heterocycles. The summed E-state index contributed by atoms with van der Waals surface area (Å²) in [6.45, 7) is 7.50. The van der Waals surface area contributed by atoms with Gasteiger partial charge in [0.05, 0.1) is 13.7 Å². The standard InChI is InChI=1S/C15H20NO2.C10H10O2.K/c1-11-8-9-13(10-14(11)18-2)16-15(17)12-6-4-3-5-7-12;1-7-3-9(5-11)4-10(6-12)8(7)2;/h3,8-10,12H,4-7H2,1-2H3,(H,16,17);3-4,11H,2,5H2,1H3;/q-1;-2;+1. The van der Waals surface area contributed by atoms with Crippen molar-refractivity contribution in [2.45, 2.75) is 46.1 Å². The van der Waals surface area contributed by atoms with Crippen molar-refractivity contribution in [3.05, 3.63) is 71.5 Å². The Hall–Kier alpha value is -1.15. The van der Waals surface area contributed by atoms with E-state index in [0.29, 0.717) is 11.1 Å². The maximum Gasteiger partial charge on any atom is 1.00 e. The molecule has 3 rings (SSSR count). The van der Waals surface area contributed by atoms with Crippen LogP contribution < -0.4 is 61.4 Å². The number of methoxy groups -OCH3 is 1. The largest absolute Gasteiger partial charge is 1.00 e. The van der Waals surface area contributed by atoms with Crippen LogP contribution in [0.4, 0.5) is 5.69 Å². The van der Waals surface area contributed by atoms with Gasteiger partial charge in [-0.15, -0.1) is 11.6 Å². The number of ether oxygens (including phenoxy) is 1. The van der Waals surface area contributed by atoms with Crippen molar-refractivity contribution < 1.29 is 70.8 Å². The number of aryl methyl sites for hydroxylation is 2. The van der Waals surface area contributed by atoms with Crippen molar-refractivity contribution in [2.75, 3.05) is 12.4 Å². The number of carbonyl (C=O) groups is 1. The summed E-state index contributed by atoms with van der Waals surface area (Å²) < 4.78 is 5.26. The number of hydrogen-bond acceptors (Lipinski definition) is 4. The Labute approximate surface area is 228 Å². The van der Waals surface area contributed by atoms with Gasteiger partial charge in [0, 0.05) is 17.7 Å². The fraction of sp³-hybridized carbons (Fsp3) is 0.360. The second-order valence-electron chi connectivity index (χ2n) is 7.51. The summed E-state index contributed by atoms with van der Waals surface area (Å²) in [7, 11) is 1.64. The summed E-state index contributed by atoms with van der Waals surface area (Å²) in [5.74, 6) is 1.10. The third-order valence-corrected chi connectivity index (χ3v) is 5.31. The molecule has 0 bridgehead atoms. The molecule has 2 aromatic rings. The van der Waals surface area contributed by atoms with Crippen molar-refractivity contribution >= 4 is 17.9 Å². The molecule has 2 N–H and O–H groups in total. The third kappa shape index (κ3) is 8.37. The molecule has 2 aromatic carbocycles. The van der Waals surface area contributed by atoms with Crippen LogP contribution >= 0.6 is 0 Å². The molecule has 0 atom stereocenters. The van der Waals surface area contributed by atoms with E-state index in [-0.39, 0.29) is 69.8 Å². The number of hydrogen-bond donors (Lipinski definition) is 2. The predicted molar refractivity (Wildman–Crippen MR) is 119 cm³/mol. The van der Waals surface area contributed by atoms with Gasteiger partial charge in [0.2, 0.25) is 5.91 Å². The predicted octanol–water partition coefficient (Wildman–Crippen LogP) is 1.47. The van der Waals surface area contributed by atoms with Gasteiger partial charge in [-0.25, -0.2) is 11.6 Å². The van der Waals surface area contributed by atoms with Crippen LogP contribution in [-0.2, 0) is 16.2 Å². The average molecular weight is 448 g/mol. The first-order chi connectivity index (χ1) is 14.4. The van der Waals surface area contributed by atoms with Crippen molar-refractivity contribution in [3.8, 4) is 5.75 Å². The summed E-state index contributed by atoms with van der Waals surface area (Å²) in [6, 6.07) is 9.17. The summed E-state index contributed by atoms with van der Waals surface area (Å²) in [5.41, 5.74) is 4.62. The van der Waals surface area contributed by atoms with Gasteiger partial charge in [-0.2, -0.15) is 12.8 Å². The van der Waals surface area contributed by atoms with Crippen LogP contribution in [0.3, 0.4) is 0 Å². The molecule has 1 fully saturated rings. The average Bonchev–Trinajstić information content (AvgIpc) is 2.77. The molecule has 1 saturated carbocycles. The minimum atomic E-state index is -0.0597. The fourth-order valence-corrected chi connectivity index (χ4v) is 3.41. The molecule has 0 aromatic heterocycles. The Kier molecular flexibility index (Phi) is 12.7. The first-order valence-corrected chi connectivity index (χ1v) is 10.1. The Balaban J connectivity index is 0.000000324. The molecular formula is C25H30KNO4-2. The maximum absolute atomic E-state index is 12.1. The number of aliphatic hydroxyl groups is 1. The quantitative estimate of drug-likeness (QED) is 0.538. The van der Waals surface area contributed by atoms with E-state index in [1.807, 2.05) is 38.1 Å². The fourth-order valence-electron chi connectivity index (χ4n) is 3.41. The van der Waals surface area contributed by atoms with Gasteiger partial charge in [0.25, 0.3) is 0 Å². The summed E-state index contributed by atoms with van der Waals surface area (Å²) >= 11 is 0. The van der Waals surface area contributed by atoms with Crippen LogP contribution in [0.1, 0.15) is 53.5 Å². The van der Waals surface area contributed by atoms with Gasteiger partial charge in [-0.3, -0.25) is 22.8 Å². The van der Waals surface area contributed by atoms with Crippen molar-refractivity contribution in [2.24, 2.45) is 5.92 Å². The van der Waals surface area contributed by atoms with E-state index in [2.05, 4.69) is 18.7 Å². The Morgan fingerprint density at radius 1 is 1.23 bits per heavy atom. The zero-order chi connectivity index (χ0) is 22.1. The molecular weight excluding hydrogens is 417 g/mol. The van der Waals surface area contributed by atoms with Gasteiger partial charge in [0.1, 0.15) is 5.75 Å². The van der Waals surface area contributed by atoms with Crippen molar-refractivity contribution in [3.63, 3.8) is 0 Å². The van der Waals surface area contributed by atoms with Crippen LogP contribution in [0.2, 0.25) is 0 Å². The van der Waals surface area contributed by atoms with E-state index in [1.165, 1.54) is 0 Å². The van der Waals surface area contributed by atoms with E-state index in [0.717, 1.165) is 53.8 Å². The summed E-state index contributed by atoms with van der Waals surface area (Å²) in [5, 5.41) is 11.8. The SMILES string of the molecule is COc1cc(NC(=O)C2CC[CH-]CC2)ccc1C.[CH2-]c1c(C)cc(CO)cc1[C-]=O.[K+]. The Morgan fingerprint density at radius 3 is 2.48 bits per heavy atom. The topological polar surface area (TPSA) is 75.6 Å². The van der Waals surface area contributed by atoms with Gasteiger partial charge in [-0.1, -0.05) is 25.8 Å². The number of amides is 1. The molecule has 0 unspecified atom stereocenters. The van der Waals surface area contributed by atoms with Crippen molar-refractivity contribution in [1.29, 1.82) is 0 Å². The summed E-state index contributed by atoms with van der Waals surface area (Å²) in [4.78, 5) is 22.5. The molecule has 162 valence electrons. The molecule has 0 spiro atoms. The number of benzene rings is 2. The van der Waals surface area contributed by atoms with Crippen molar-refractivity contribution in [1.82, 2.24) is 0 Å². The van der Waals surface area contributed by atoms with Crippen LogP contribution in [0.5, 0.6) is 5.75 Å². The first kappa shape index (κ1) is 27.9. The van der Waals surface area contributed by atoms with Crippen LogP contribution in [0, 0.1) is 33.1 Å². The van der Waals surface area contributed by atoms with Gasteiger partial charge in [0.15, 0.2) is 0 Å². The summed E-state index contributed by atoms with van der Waals surface area (Å²) in [6.07, 6.45) is 8.09. The Bertz CT molecular complexity index is 876. The molecule has 1 aliphatic carbocycles. The van der Waals surface area contributed by atoms with E-state index in [1.54, 1.807) is 19.5 Å². The van der Waals surface area contributed by atoms with Crippen LogP contribution in [-0.4, -0.2) is 24.4 Å². The van der Waals surface area contributed by atoms with Gasteiger partial charge in [-0.05, 0) is 24.8 Å². The zero-order valence-corrected chi connectivity index (χ0v) is 22.1. The van der Waals surface area contributed by atoms with Gasteiger partial charge >= 0.3 is 51.4 Å². The van der Waals surface area contributed by atoms with E-state index < -0.39 is 0 Å². The molecule has 0 aliphatic heterocycles. The number of carbonyl (C=O) groups excluding carboxylic acids is 2. The molecule has 31 heavy (non-hydrogen) atoms. The number of aliphatic hydroxyl groups excluding tert-OH is 1. The monoisotopic (exact) mass is 447 g/mol. The van der Waals surface area contributed by atoms with Crippen LogP contribution in [0.25, 0.3) is 0 Å². The molecule has 1 amide bonds. The first-order valence-electron chi connectivity index (χ1n) is 10.1. The van der Waals surface area contributed by atoms with E-state index in [4.69, 9.17) is 9.84 Å². The smallest absolute Gasteiger partial charge is 0.496 e. The number of rotatable bonds is 5. The third-order valence-electron chi connectivity index (χ3n) is 5.31. The molecule has 5 nitrogen and oxygen atoms in total. The molecule has 6 heteroatoms. The van der Waals surface area contributed by atoms with E-state index in [9.17, 15) is 9.59 Å². The number of anilines is 1. The second-order valence-corrected chi connectivity index (χ2v) is 7.51. The van der Waals surface area contributed by atoms with E-state index >= 15 is 0 Å². The minimum absolute atomic E-state index is 0. The Morgan fingerprint density at radius 2 is 1.90 bits per heavy atom. The molecule has 1 aliphatic rings. The number of nitrogens with one attached hydrogen (secondary N) is 1. The minimum Gasteiger partial charge on any atom is -0.496 e. The zero-order valence-electron chi connectivity index (χ0n) is 19.0. The maximum atomic E-state index is 12.1. The second kappa shape index (κ2) is 14.1. The van der Waals surface area contributed by atoms with Crippen LogP contribution in [0.15, 0.2) is 30.3 Å². The van der Waals surface area contributed by atoms with Gasteiger partial charge < -0.3 is 26.4 Å². The normalized spacial score (nSPS) is 13.3.